The number of hydrogen-bond donors (Lipinski definition) is 0. The van der Waals surface area contributed by atoms with E-state index in [4.69, 9.17) is 0 Å². The molecule has 0 unspecified atom stereocenters. The number of rotatable bonds is 6. The van der Waals surface area contributed by atoms with Crippen LogP contribution in [0.15, 0.2) is 15.8 Å². The molecule has 0 aliphatic carbocycles. The van der Waals surface area contributed by atoms with E-state index in [0.29, 0.717) is 29.5 Å². The van der Waals surface area contributed by atoms with Crippen LogP contribution in [0.2, 0.25) is 0 Å². The number of aryl methyl sites for hydroxylation is 3. The maximum absolute atomic E-state index is 13.1. The Balaban J connectivity index is 2.25. The molecule has 0 aliphatic heterocycles. The Morgan fingerprint density at radius 1 is 1.00 bits per heavy atom. The molecule has 0 saturated carbocycles. The SMILES string of the molecule is Cc1cn2c3c(=O)n(CCC(C)C)c(=O)n(C)c3nc2n1CCC(C)C. The molecule has 3 rings (SSSR count). The molecule has 0 amide bonds. The summed E-state index contributed by atoms with van der Waals surface area (Å²) in [6.07, 6.45) is 3.77. The summed E-state index contributed by atoms with van der Waals surface area (Å²) in [6, 6.07) is 0. The van der Waals surface area contributed by atoms with Crippen LogP contribution in [0.1, 0.15) is 46.2 Å². The number of aromatic nitrogens is 5. The van der Waals surface area contributed by atoms with Crippen LogP contribution in [0.3, 0.4) is 0 Å². The minimum atomic E-state index is -0.297. The van der Waals surface area contributed by atoms with Crippen LogP contribution in [0.5, 0.6) is 0 Å². The van der Waals surface area contributed by atoms with E-state index in [0.717, 1.165) is 30.9 Å². The number of hydrogen-bond acceptors (Lipinski definition) is 3. The first kappa shape index (κ1) is 18.5. The summed E-state index contributed by atoms with van der Waals surface area (Å²) in [6.45, 7) is 11.9. The number of nitrogens with zero attached hydrogens (tertiary/aromatic N) is 5. The van der Waals surface area contributed by atoms with Crippen molar-refractivity contribution in [2.75, 3.05) is 0 Å². The van der Waals surface area contributed by atoms with Crippen LogP contribution < -0.4 is 11.2 Å². The standard InChI is InChI=1S/C19H29N5O2/c1-12(2)7-9-22-14(5)11-24-15-16(20-18(22)24)21(6)19(26)23(17(15)25)10-8-13(3)4/h11-13H,7-10H2,1-6H3. The van der Waals surface area contributed by atoms with E-state index in [1.54, 1.807) is 7.05 Å². The fraction of sp³-hybridized carbons (Fsp3) is 0.632. The summed E-state index contributed by atoms with van der Waals surface area (Å²) in [7, 11) is 1.69. The average Bonchev–Trinajstić information content (AvgIpc) is 3.05. The second-order valence-electron chi connectivity index (χ2n) is 8.04. The Bertz CT molecular complexity index is 1060. The van der Waals surface area contributed by atoms with Crippen LogP contribution in [0, 0.1) is 18.8 Å². The highest BCUT2D eigenvalue weighted by atomic mass is 16.2. The lowest BCUT2D eigenvalue weighted by molar-refractivity contribution is 0.488. The molecule has 3 aromatic heterocycles. The molecule has 0 bridgehead atoms. The van der Waals surface area contributed by atoms with Crippen LogP contribution in [-0.4, -0.2) is 23.1 Å². The lowest BCUT2D eigenvalue weighted by atomic mass is 10.1. The molecule has 0 aromatic carbocycles. The fourth-order valence-electron chi connectivity index (χ4n) is 3.30. The zero-order valence-corrected chi connectivity index (χ0v) is 16.6. The summed E-state index contributed by atoms with van der Waals surface area (Å²) in [5.41, 5.74) is 1.45. The molecule has 0 radical (unpaired) electrons. The fourth-order valence-corrected chi connectivity index (χ4v) is 3.30. The first-order valence-electron chi connectivity index (χ1n) is 9.40. The van der Waals surface area contributed by atoms with Gasteiger partial charge in [-0.3, -0.25) is 18.3 Å². The van der Waals surface area contributed by atoms with Crippen molar-refractivity contribution >= 4 is 16.9 Å². The van der Waals surface area contributed by atoms with Crippen molar-refractivity contribution in [3.63, 3.8) is 0 Å². The van der Waals surface area contributed by atoms with Crippen molar-refractivity contribution in [1.29, 1.82) is 0 Å². The molecule has 0 saturated heterocycles. The normalized spacial score (nSPS) is 12.3. The van der Waals surface area contributed by atoms with Gasteiger partial charge in [-0.1, -0.05) is 27.7 Å². The predicted molar refractivity (Wildman–Crippen MR) is 104 cm³/mol. The van der Waals surface area contributed by atoms with E-state index in [1.165, 1.54) is 9.13 Å². The molecule has 7 nitrogen and oxygen atoms in total. The summed E-state index contributed by atoms with van der Waals surface area (Å²) in [4.78, 5) is 30.4. The first-order chi connectivity index (χ1) is 12.2. The van der Waals surface area contributed by atoms with Gasteiger partial charge in [0.15, 0.2) is 11.2 Å². The molecule has 0 atom stereocenters. The van der Waals surface area contributed by atoms with E-state index in [1.807, 2.05) is 17.5 Å². The van der Waals surface area contributed by atoms with Gasteiger partial charge in [0, 0.05) is 32.0 Å². The van der Waals surface area contributed by atoms with Gasteiger partial charge in [0.2, 0.25) is 5.78 Å². The molecule has 3 aromatic rings. The van der Waals surface area contributed by atoms with Gasteiger partial charge in [-0.2, -0.15) is 4.98 Å². The molecular formula is C19H29N5O2. The maximum Gasteiger partial charge on any atom is 0.332 e. The highest BCUT2D eigenvalue weighted by Gasteiger charge is 2.20. The second kappa shape index (κ2) is 6.78. The van der Waals surface area contributed by atoms with Crippen LogP contribution >= 0.6 is 0 Å². The third-order valence-electron chi connectivity index (χ3n) is 5.00. The number of fused-ring (bicyclic) bond motifs is 3. The average molecular weight is 359 g/mol. The molecule has 0 spiro atoms. The third-order valence-corrected chi connectivity index (χ3v) is 5.00. The molecule has 0 aliphatic rings. The van der Waals surface area contributed by atoms with E-state index in [2.05, 4.69) is 37.2 Å². The molecular weight excluding hydrogens is 330 g/mol. The van der Waals surface area contributed by atoms with Gasteiger partial charge in [0.1, 0.15) is 0 Å². The van der Waals surface area contributed by atoms with Gasteiger partial charge in [-0.05, 0) is 31.6 Å². The van der Waals surface area contributed by atoms with Crippen molar-refractivity contribution in [1.82, 2.24) is 23.1 Å². The summed E-state index contributed by atoms with van der Waals surface area (Å²) in [5.74, 6) is 1.73. The van der Waals surface area contributed by atoms with Crippen LogP contribution in [0.25, 0.3) is 16.9 Å². The van der Waals surface area contributed by atoms with Crippen molar-refractivity contribution in [3.8, 4) is 0 Å². The monoisotopic (exact) mass is 359 g/mol. The van der Waals surface area contributed by atoms with E-state index >= 15 is 0 Å². The highest BCUT2D eigenvalue weighted by Crippen LogP contribution is 2.17. The quantitative estimate of drug-likeness (QED) is 0.679. The van der Waals surface area contributed by atoms with Crippen LogP contribution in [-0.2, 0) is 20.1 Å². The molecule has 142 valence electrons. The Morgan fingerprint density at radius 2 is 1.58 bits per heavy atom. The molecule has 0 fully saturated rings. The minimum absolute atomic E-state index is 0.253. The van der Waals surface area contributed by atoms with Gasteiger partial charge < -0.3 is 4.57 Å². The van der Waals surface area contributed by atoms with E-state index in [-0.39, 0.29) is 11.2 Å². The molecule has 0 N–H and O–H groups in total. The second-order valence-corrected chi connectivity index (χ2v) is 8.04. The largest absolute Gasteiger partial charge is 0.332 e. The smallest absolute Gasteiger partial charge is 0.314 e. The minimum Gasteiger partial charge on any atom is -0.314 e. The zero-order chi connectivity index (χ0) is 19.2. The Hall–Kier alpha value is -2.31. The third kappa shape index (κ3) is 2.99. The van der Waals surface area contributed by atoms with Gasteiger partial charge >= 0.3 is 5.69 Å². The van der Waals surface area contributed by atoms with Crippen molar-refractivity contribution in [2.24, 2.45) is 18.9 Å². The lowest BCUT2D eigenvalue weighted by Gasteiger charge is -2.09. The van der Waals surface area contributed by atoms with Gasteiger partial charge in [-0.15, -0.1) is 0 Å². The van der Waals surface area contributed by atoms with Crippen molar-refractivity contribution < 1.29 is 0 Å². The summed E-state index contributed by atoms with van der Waals surface area (Å²) in [5, 5.41) is 0. The van der Waals surface area contributed by atoms with E-state index in [9.17, 15) is 9.59 Å². The van der Waals surface area contributed by atoms with Gasteiger partial charge in [0.25, 0.3) is 5.56 Å². The topological polar surface area (TPSA) is 66.2 Å². The Kier molecular flexibility index (Phi) is 4.82. The van der Waals surface area contributed by atoms with Crippen molar-refractivity contribution in [2.45, 2.75) is 60.5 Å². The molecule has 26 heavy (non-hydrogen) atoms. The summed E-state index contributed by atoms with van der Waals surface area (Å²) >= 11 is 0. The highest BCUT2D eigenvalue weighted by molar-refractivity contribution is 5.75. The lowest BCUT2D eigenvalue weighted by Crippen LogP contribution is -2.39. The molecule has 7 heteroatoms. The first-order valence-corrected chi connectivity index (χ1v) is 9.40. The van der Waals surface area contributed by atoms with Crippen molar-refractivity contribution in [3.05, 3.63) is 32.7 Å². The zero-order valence-electron chi connectivity index (χ0n) is 16.6. The summed E-state index contributed by atoms with van der Waals surface area (Å²) < 4.78 is 6.81. The predicted octanol–water partition coefficient (Wildman–Crippen LogP) is 2.55. The van der Waals surface area contributed by atoms with Gasteiger partial charge in [0.05, 0.1) is 0 Å². The van der Waals surface area contributed by atoms with Crippen LogP contribution in [0.4, 0.5) is 0 Å². The van der Waals surface area contributed by atoms with E-state index < -0.39 is 0 Å². The Morgan fingerprint density at radius 3 is 2.15 bits per heavy atom. The number of imidazole rings is 2. The maximum atomic E-state index is 13.1. The van der Waals surface area contributed by atoms with Gasteiger partial charge in [-0.25, -0.2) is 4.79 Å². The Labute approximate surface area is 152 Å². The molecule has 3 heterocycles.